The maximum Gasteiger partial charge on any atom is 1.00 e. The third kappa shape index (κ3) is 14.5. The molecule has 0 N–H and O–H groups in total. The van der Waals surface area contributed by atoms with Crippen molar-refractivity contribution in [1.29, 1.82) is 0 Å². The van der Waals surface area contributed by atoms with Gasteiger partial charge in [-0.25, -0.2) is 0 Å². The van der Waals surface area contributed by atoms with E-state index in [1.807, 2.05) is 13.8 Å². The van der Waals surface area contributed by atoms with E-state index >= 15 is 0 Å². The van der Waals surface area contributed by atoms with E-state index in [1.165, 1.54) is 5.57 Å². The molecule has 0 aromatic carbocycles. The summed E-state index contributed by atoms with van der Waals surface area (Å²) in [6.07, 6.45) is 10.9. The van der Waals surface area contributed by atoms with Crippen LogP contribution in [0.5, 0.6) is 0 Å². The minimum absolute atomic E-state index is 0. The topological polar surface area (TPSA) is 12.4 Å². The second kappa shape index (κ2) is 14.3. The van der Waals surface area contributed by atoms with Crippen molar-refractivity contribution in [3.63, 3.8) is 0 Å². The average molecular weight is 378 g/mol. The molecule has 0 aliphatic heterocycles. The standard InChI is InChI=1S/C18H32N.C2H6.Rb/c1-9-16(5)19-14-18(8,10-2)12-11-17(6,7)13-15(3)4;1-2;/h11-14,16H,1,9-10H2,2-8H3;1-2H3;/q-1;;+1/b12-11-,19-14?;;. The first-order valence-corrected chi connectivity index (χ1v) is 8.34. The van der Waals surface area contributed by atoms with Crippen molar-refractivity contribution in [1.82, 2.24) is 0 Å². The van der Waals surface area contributed by atoms with Crippen LogP contribution in [0, 0.1) is 17.8 Å². The monoisotopic (exact) mass is 377 g/mol. The van der Waals surface area contributed by atoms with Crippen LogP contribution in [-0.2, 0) is 0 Å². The second-order valence-corrected chi connectivity index (χ2v) is 6.65. The van der Waals surface area contributed by atoms with Crippen molar-refractivity contribution < 1.29 is 58.2 Å². The van der Waals surface area contributed by atoms with E-state index in [0.717, 1.165) is 12.8 Å². The third-order valence-electron chi connectivity index (χ3n) is 3.36. The van der Waals surface area contributed by atoms with E-state index < -0.39 is 0 Å². The molecule has 2 atom stereocenters. The van der Waals surface area contributed by atoms with Gasteiger partial charge in [-0.3, -0.25) is 4.99 Å². The van der Waals surface area contributed by atoms with Gasteiger partial charge in [0.2, 0.25) is 0 Å². The zero-order valence-electron chi connectivity index (χ0n) is 17.0. The Balaban J connectivity index is -0.00000115. The van der Waals surface area contributed by atoms with Crippen molar-refractivity contribution in [3.05, 3.63) is 30.7 Å². The summed E-state index contributed by atoms with van der Waals surface area (Å²) < 4.78 is 0. The van der Waals surface area contributed by atoms with Gasteiger partial charge in [-0.2, -0.15) is 6.42 Å². The average Bonchev–Trinajstić information content (AvgIpc) is 2.43. The van der Waals surface area contributed by atoms with Gasteiger partial charge < -0.3 is 6.92 Å². The largest absolute Gasteiger partial charge is 1.00 e. The molecule has 0 aromatic rings. The summed E-state index contributed by atoms with van der Waals surface area (Å²) in [6.45, 7) is 23.2. The molecule has 0 aromatic heterocycles. The molecule has 0 bridgehead atoms. The Morgan fingerprint density at radius 2 is 1.64 bits per heavy atom. The van der Waals surface area contributed by atoms with Crippen LogP contribution in [0.3, 0.4) is 0 Å². The summed E-state index contributed by atoms with van der Waals surface area (Å²) in [5.41, 5.74) is 1.49. The van der Waals surface area contributed by atoms with E-state index in [-0.39, 0.29) is 69.0 Å². The molecule has 0 aliphatic rings. The predicted octanol–water partition coefficient (Wildman–Crippen LogP) is 3.66. The quantitative estimate of drug-likeness (QED) is 0.364. The fourth-order valence-corrected chi connectivity index (χ4v) is 1.82. The van der Waals surface area contributed by atoms with Crippen LogP contribution in [0.25, 0.3) is 0 Å². The van der Waals surface area contributed by atoms with Crippen LogP contribution in [-0.4, -0.2) is 12.3 Å². The molecule has 2 unspecified atom stereocenters. The Labute approximate surface area is 189 Å². The number of hydrogen-bond donors (Lipinski definition) is 0. The number of aliphatic imine (C=N–C) groups is 1. The van der Waals surface area contributed by atoms with Gasteiger partial charge in [0.05, 0.1) is 0 Å². The van der Waals surface area contributed by atoms with Crippen LogP contribution < -0.4 is 58.2 Å². The van der Waals surface area contributed by atoms with E-state index in [4.69, 9.17) is 0 Å². The van der Waals surface area contributed by atoms with Gasteiger partial charge in [-0.1, -0.05) is 65.3 Å². The Bertz CT molecular complexity index is 349. The zero-order chi connectivity index (χ0) is 17.1. The van der Waals surface area contributed by atoms with Gasteiger partial charge in [0.15, 0.2) is 0 Å². The first kappa shape index (κ1) is 27.8. The maximum atomic E-state index is 4.59. The molecule has 22 heavy (non-hydrogen) atoms. The minimum atomic E-state index is 0. The molecule has 0 radical (unpaired) electrons. The van der Waals surface area contributed by atoms with Gasteiger partial charge in [-0.05, 0) is 27.2 Å². The second-order valence-electron chi connectivity index (χ2n) is 6.65. The predicted molar refractivity (Wildman–Crippen MR) is 100 cm³/mol. The summed E-state index contributed by atoms with van der Waals surface area (Å²) in [5, 5.41) is 0. The normalized spacial score (nSPS) is 15.5. The molecule has 0 saturated heterocycles. The maximum absolute atomic E-state index is 4.59. The Morgan fingerprint density at radius 1 is 1.14 bits per heavy atom. The van der Waals surface area contributed by atoms with Crippen molar-refractivity contribution in [3.8, 4) is 0 Å². The molecule has 2 heteroatoms. The van der Waals surface area contributed by atoms with Crippen molar-refractivity contribution in [2.45, 2.75) is 81.2 Å². The molecule has 0 aliphatic carbocycles. The van der Waals surface area contributed by atoms with Gasteiger partial charge in [-0.15, -0.1) is 0 Å². The molecule has 0 amide bonds. The third-order valence-corrected chi connectivity index (χ3v) is 3.36. The van der Waals surface area contributed by atoms with Crippen molar-refractivity contribution in [2.75, 3.05) is 0 Å². The summed E-state index contributed by atoms with van der Waals surface area (Å²) in [4.78, 5) is 4.59. The number of hydrogen-bond acceptors (Lipinski definition) is 1. The van der Waals surface area contributed by atoms with E-state index in [1.54, 1.807) is 0 Å². The van der Waals surface area contributed by atoms with Crippen LogP contribution in [0.15, 0.2) is 28.8 Å². The molecule has 1 nitrogen and oxygen atoms in total. The van der Waals surface area contributed by atoms with Gasteiger partial charge in [0.25, 0.3) is 0 Å². The fourth-order valence-electron chi connectivity index (χ4n) is 1.82. The van der Waals surface area contributed by atoms with Gasteiger partial charge >= 0.3 is 58.2 Å². The van der Waals surface area contributed by atoms with Crippen molar-refractivity contribution >= 4 is 6.21 Å². The molecule has 0 fully saturated rings. The molecule has 0 rings (SSSR count). The van der Waals surface area contributed by atoms with Gasteiger partial charge in [0.1, 0.15) is 0 Å². The number of nitrogens with zero attached hydrogens (tertiary/aromatic N) is 1. The van der Waals surface area contributed by atoms with E-state index in [0.29, 0.717) is 6.04 Å². The summed E-state index contributed by atoms with van der Waals surface area (Å²) in [7, 11) is 0. The zero-order valence-corrected chi connectivity index (χ0v) is 21.9. The summed E-state index contributed by atoms with van der Waals surface area (Å²) in [5.74, 6) is 0. The van der Waals surface area contributed by atoms with Gasteiger partial charge in [0, 0.05) is 23.1 Å². The molecule has 0 saturated carbocycles. The molecular weight excluding hydrogens is 340 g/mol. The fraction of sp³-hybridized carbons (Fsp3) is 0.700. The number of rotatable bonds is 7. The Hall–Kier alpha value is 0.955. The van der Waals surface area contributed by atoms with Crippen LogP contribution in [0.4, 0.5) is 0 Å². The smallest absolute Gasteiger partial charge is 0.341 e. The Morgan fingerprint density at radius 3 is 2.00 bits per heavy atom. The Kier molecular flexibility index (Phi) is 18.1. The SMILES string of the molecule is CC.[CH2-]CC(C)N=CC(C)(/C=C\C(C)(C)C=C(C)C)CC.[Rb+]. The first-order valence-electron chi connectivity index (χ1n) is 8.34. The van der Waals surface area contributed by atoms with E-state index in [2.05, 4.69) is 84.8 Å². The van der Waals surface area contributed by atoms with E-state index in [9.17, 15) is 0 Å². The van der Waals surface area contributed by atoms with Crippen LogP contribution in [0.1, 0.15) is 75.2 Å². The van der Waals surface area contributed by atoms with Crippen LogP contribution >= 0.6 is 0 Å². The molecule has 0 heterocycles. The number of allylic oxidation sites excluding steroid dienone is 4. The van der Waals surface area contributed by atoms with Crippen LogP contribution in [0.2, 0.25) is 0 Å². The summed E-state index contributed by atoms with van der Waals surface area (Å²) in [6, 6.07) is 0.310. The summed E-state index contributed by atoms with van der Waals surface area (Å²) >= 11 is 0. The minimum Gasteiger partial charge on any atom is -0.341 e. The first-order chi connectivity index (χ1) is 9.64. The molecule has 124 valence electrons. The molecular formula is C20H38NRb. The van der Waals surface area contributed by atoms with Crippen molar-refractivity contribution in [2.24, 2.45) is 15.8 Å². The molecule has 0 spiro atoms.